The number of nitrogens with one attached hydrogen (secondary N) is 1. The first kappa shape index (κ1) is 21.9. The molecule has 0 fully saturated rings. The Morgan fingerprint density at radius 1 is 1.06 bits per heavy atom. The summed E-state index contributed by atoms with van der Waals surface area (Å²) in [5.41, 5.74) is 3.08. The van der Waals surface area contributed by atoms with Crippen molar-refractivity contribution in [1.29, 1.82) is 0 Å². The summed E-state index contributed by atoms with van der Waals surface area (Å²) in [4.78, 5) is 31.4. The summed E-state index contributed by atoms with van der Waals surface area (Å²) in [5.74, 6) is 0.722. The zero-order valence-corrected chi connectivity index (χ0v) is 19.5. The number of hydrazone groups is 1. The van der Waals surface area contributed by atoms with Crippen LogP contribution in [0.3, 0.4) is 0 Å². The Hall–Kier alpha value is -3.91. The van der Waals surface area contributed by atoms with E-state index >= 15 is 0 Å². The van der Waals surface area contributed by atoms with E-state index in [1.165, 1.54) is 22.3 Å². The number of benzene rings is 3. The van der Waals surface area contributed by atoms with Crippen LogP contribution < -0.4 is 20.6 Å². The van der Waals surface area contributed by atoms with Crippen LogP contribution in [-0.2, 0) is 10.5 Å². The number of ether oxygens (including phenoxy) is 1. The van der Waals surface area contributed by atoms with Crippen LogP contribution in [-0.4, -0.2) is 35.1 Å². The van der Waals surface area contributed by atoms with Gasteiger partial charge in [-0.25, -0.2) is 10.0 Å². The van der Waals surface area contributed by atoms with Gasteiger partial charge in [0, 0.05) is 16.5 Å². The van der Waals surface area contributed by atoms with E-state index in [-0.39, 0.29) is 11.7 Å². The van der Waals surface area contributed by atoms with E-state index < -0.39 is 6.17 Å². The number of rotatable bonds is 5. The molecule has 0 aromatic heterocycles. The van der Waals surface area contributed by atoms with Gasteiger partial charge in [0.1, 0.15) is 11.4 Å². The van der Waals surface area contributed by atoms with Gasteiger partial charge in [0.15, 0.2) is 5.17 Å². The molecule has 1 amide bonds. The van der Waals surface area contributed by atoms with Crippen molar-refractivity contribution in [3.8, 4) is 5.75 Å². The van der Waals surface area contributed by atoms with E-state index in [0.29, 0.717) is 38.5 Å². The first-order valence-corrected chi connectivity index (χ1v) is 11.7. The Bertz CT molecular complexity index is 1420. The van der Waals surface area contributed by atoms with E-state index in [2.05, 4.69) is 15.4 Å². The van der Waals surface area contributed by atoms with Gasteiger partial charge in [-0.2, -0.15) is 0 Å². The largest absolute Gasteiger partial charge is 0.497 e. The fourth-order valence-corrected chi connectivity index (χ4v) is 4.61. The van der Waals surface area contributed by atoms with Gasteiger partial charge in [-0.15, -0.1) is 5.10 Å². The highest BCUT2D eigenvalue weighted by Crippen LogP contribution is 2.25. The number of amides is 1. The monoisotopic (exact) mass is 470 g/mol. The maximum absolute atomic E-state index is 13.5. The topological polar surface area (TPSA) is 83.4 Å². The SMILES string of the molecule is COc1ccc(C(=O)C2N=c3ccccc3=C3C(=O)NC(SCc4ccc(C)cc4)=NN32)cc1. The van der Waals surface area contributed by atoms with Crippen molar-refractivity contribution < 1.29 is 14.3 Å². The molecule has 34 heavy (non-hydrogen) atoms. The number of hydrogen-bond donors (Lipinski definition) is 1. The van der Waals surface area contributed by atoms with Crippen LogP contribution in [0.2, 0.25) is 0 Å². The standard InChI is InChI=1S/C26H22N4O3S/c1-16-7-9-17(10-8-16)15-34-26-28-25(32)22-20-5-3-4-6-21(20)27-24(30(22)29-26)23(31)18-11-13-19(33-2)14-12-18/h3-14,24H,15H2,1-2H3,(H,28,29,32). The maximum atomic E-state index is 13.5. The van der Waals surface area contributed by atoms with Crippen molar-refractivity contribution in [2.75, 3.05) is 7.11 Å². The molecule has 7 nitrogen and oxygen atoms in total. The first-order valence-electron chi connectivity index (χ1n) is 10.8. The number of methoxy groups -OCH3 is 1. The molecule has 1 unspecified atom stereocenters. The van der Waals surface area contributed by atoms with E-state index in [1.807, 2.05) is 49.4 Å². The molecule has 2 aliphatic heterocycles. The molecular weight excluding hydrogens is 448 g/mol. The zero-order chi connectivity index (χ0) is 23.7. The van der Waals surface area contributed by atoms with Crippen molar-refractivity contribution in [3.05, 3.63) is 100 Å². The lowest BCUT2D eigenvalue weighted by Gasteiger charge is -2.33. The average molecular weight is 471 g/mol. The minimum Gasteiger partial charge on any atom is -0.497 e. The number of amidine groups is 1. The van der Waals surface area contributed by atoms with Crippen LogP contribution in [0.1, 0.15) is 21.5 Å². The molecule has 2 aliphatic rings. The van der Waals surface area contributed by atoms with E-state index in [1.54, 1.807) is 37.4 Å². The number of fused-ring (bicyclic) bond motifs is 2. The predicted octanol–water partition coefficient (Wildman–Crippen LogP) is 2.59. The molecule has 0 saturated carbocycles. The highest BCUT2D eigenvalue weighted by atomic mass is 32.2. The second-order valence-electron chi connectivity index (χ2n) is 7.94. The molecule has 0 spiro atoms. The molecule has 0 saturated heterocycles. The molecule has 3 aromatic carbocycles. The number of hydrogen-bond acceptors (Lipinski definition) is 7. The van der Waals surface area contributed by atoms with Gasteiger partial charge >= 0.3 is 0 Å². The second kappa shape index (κ2) is 9.15. The Balaban J connectivity index is 1.52. The van der Waals surface area contributed by atoms with Crippen LogP contribution in [0.4, 0.5) is 0 Å². The third-order valence-corrected chi connectivity index (χ3v) is 6.56. The molecule has 0 aliphatic carbocycles. The molecule has 170 valence electrons. The van der Waals surface area contributed by atoms with E-state index in [4.69, 9.17) is 4.74 Å². The third kappa shape index (κ3) is 4.20. The minimum absolute atomic E-state index is 0.254. The summed E-state index contributed by atoms with van der Waals surface area (Å²) in [5, 5.41) is 10.6. The quantitative estimate of drug-likeness (QED) is 0.580. The lowest BCUT2D eigenvalue weighted by molar-refractivity contribution is -0.115. The molecule has 1 atom stereocenters. The fraction of sp³-hybridized carbons (Fsp3) is 0.154. The van der Waals surface area contributed by atoms with Gasteiger partial charge in [0.05, 0.1) is 12.5 Å². The number of Topliss-reactive ketones (excluding diaryl/α,β-unsaturated/α-hetero) is 1. The van der Waals surface area contributed by atoms with Crippen molar-refractivity contribution in [3.63, 3.8) is 0 Å². The van der Waals surface area contributed by atoms with Gasteiger partial charge in [-0.3, -0.25) is 14.9 Å². The Labute approximate surface area is 200 Å². The summed E-state index contributed by atoms with van der Waals surface area (Å²) >= 11 is 1.41. The van der Waals surface area contributed by atoms with Gasteiger partial charge in [0.2, 0.25) is 11.9 Å². The highest BCUT2D eigenvalue weighted by molar-refractivity contribution is 8.13. The molecule has 1 N–H and O–H groups in total. The predicted molar refractivity (Wildman–Crippen MR) is 132 cm³/mol. The summed E-state index contributed by atoms with van der Waals surface area (Å²) < 4.78 is 5.20. The molecule has 0 bridgehead atoms. The number of carbonyl (C=O) groups excluding carboxylic acids is 2. The van der Waals surface area contributed by atoms with E-state index in [9.17, 15) is 9.59 Å². The zero-order valence-electron chi connectivity index (χ0n) is 18.7. The molecule has 5 rings (SSSR count). The molecule has 8 heteroatoms. The van der Waals surface area contributed by atoms with Crippen LogP contribution in [0.25, 0.3) is 5.70 Å². The number of para-hydroxylation sites is 1. The van der Waals surface area contributed by atoms with Crippen LogP contribution >= 0.6 is 11.8 Å². The lowest BCUT2D eigenvalue weighted by Crippen LogP contribution is -2.54. The van der Waals surface area contributed by atoms with Crippen molar-refractivity contribution in [1.82, 2.24) is 10.3 Å². The summed E-state index contributed by atoms with van der Waals surface area (Å²) in [6.07, 6.45) is -0.987. The van der Waals surface area contributed by atoms with E-state index in [0.717, 1.165) is 5.56 Å². The van der Waals surface area contributed by atoms with Crippen LogP contribution in [0.15, 0.2) is 82.9 Å². The number of nitrogens with zero attached hydrogens (tertiary/aromatic N) is 3. The minimum atomic E-state index is -0.987. The number of aryl methyl sites for hydroxylation is 1. The number of carbonyl (C=O) groups is 2. The van der Waals surface area contributed by atoms with Crippen molar-refractivity contribution in [2.45, 2.75) is 18.8 Å². The fourth-order valence-electron chi connectivity index (χ4n) is 3.80. The summed E-state index contributed by atoms with van der Waals surface area (Å²) in [6.45, 7) is 2.04. The summed E-state index contributed by atoms with van der Waals surface area (Å²) in [6, 6.07) is 22.3. The van der Waals surface area contributed by atoms with Gasteiger partial charge in [0.25, 0.3) is 5.91 Å². The lowest BCUT2D eigenvalue weighted by atomic mass is 10.1. The molecular formula is C26H22N4O3S. The Morgan fingerprint density at radius 3 is 2.53 bits per heavy atom. The average Bonchev–Trinajstić information content (AvgIpc) is 2.87. The number of thioether (sulfide) groups is 1. The molecule has 3 aromatic rings. The smallest absolute Gasteiger partial charge is 0.276 e. The van der Waals surface area contributed by atoms with Gasteiger partial charge in [-0.1, -0.05) is 59.8 Å². The normalized spacial score (nSPS) is 16.6. The van der Waals surface area contributed by atoms with Gasteiger partial charge in [-0.05, 0) is 42.8 Å². The molecule has 2 heterocycles. The highest BCUT2D eigenvalue weighted by Gasteiger charge is 2.37. The van der Waals surface area contributed by atoms with Crippen LogP contribution in [0.5, 0.6) is 5.75 Å². The first-order chi connectivity index (χ1) is 16.5. The number of ketones is 1. The van der Waals surface area contributed by atoms with Crippen molar-refractivity contribution in [2.24, 2.45) is 10.1 Å². The second-order valence-corrected chi connectivity index (χ2v) is 8.90. The Morgan fingerprint density at radius 2 is 1.79 bits per heavy atom. The molecule has 0 radical (unpaired) electrons. The third-order valence-electron chi connectivity index (χ3n) is 5.62. The van der Waals surface area contributed by atoms with Crippen LogP contribution in [0, 0.1) is 6.92 Å². The maximum Gasteiger partial charge on any atom is 0.276 e. The van der Waals surface area contributed by atoms with Gasteiger partial charge < -0.3 is 4.74 Å². The Kier molecular flexibility index (Phi) is 5.90. The summed E-state index contributed by atoms with van der Waals surface area (Å²) in [7, 11) is 1.57. The van der Waals surface area contributed by atoms with Crippen molar-refractivity contribution >= 4 is 34.3 Å².